The molecule has 1 rings (SSSR count). The number of hydrogen-bond acceptors (Lipinski definition) is 4. The molecular formula is C14H22BrNO3S. The minimum Gasteiger partial charge on any atom is -0.494 e. The van der Waals surface area contributed by atoms with Gasteiger partial charge in [0.05, 0.1) is 12.4 Å². The van der Waals surface area contributed by atoms with Gasteiger partial charge in [-0.05, 0) is 43.1 Å². The van der Waals surface area contributed by atoms with E-state index in [9.17, 15) is 8.42 Å². The van der Waals surface area contributed by atoms with Gasteiger partial charge in [0.25, 0.3) is 0 Å². The van der Waals surface area contributed by atoms with Crippen LogP contribution in [0.5, 0.6) is 5.75 Å². The van der Waals surface area contributed by atoms with E-state index in [1.807, 2.05) is 18.2 Å². The Morgan fingerprint density at radius 1 is 1.35 bits per heavy atom. The largest absolute Gasteiger partial charge is 0.494 e. The summed E-state index contributed by atoms with van der Waals surface area (Å²) in [5.41, 5.74) is 1.14. The lowest BCUT2D eigenvalue weighted by atomic mass is 10.2. The third-order valence-corrected chi connectivity index (χ3v) is 4.49. The van der Waals surface area contributed by atoms with Crippen molar-refractivity contribution in [3.05, 3.63) is 28.2 Å². The minimum atomic E-state index is -2.91. The maximum Gasteiger partial charge on any atom is 0.147 e. The highest BCUT2D eigenvalue weighted by Gasteiger charge is 2.04. The Hall–Kier alpha value is -0.590. The van der Waals surface area contributed by atoms with Crippen LogP contribution in [0.3, 0.4) is 0 Å². The molecule has 0 amide bonds. The first kappa shape index (κ1) is 17.5. The van der Waals surface area contributed by atoms with Gasteiger partial charge in [0.1, 0.15) is 15.6 Å². The number of hydrogen-bond donors (Lipinski definition) is 1. The number of nitrogens with one attached hydrogen (secondary N) is 1. The first-order valence-electron chi connectivity index (χ1n) is 6.72. The third-order valence-electron chi connectivity index (χ3n) is 2.69. The fraction of sp³-hybridized carbons (Fsp3) is 0.571. The van der Waals surface area contributed by atoms with Crippen molar-refractivity contribution in [3.63, 3.8) is 0 Å². The number of rotatable bonds is 9. The van der Waals surface area contributed by atoms with Crippen molar-refractivity contribution in [2.45, 2.75) is 26.3 Å². The van der Waals surface area contributed by atoms with E-state index in [1.165, 1.54) is 6.26 Å². The molecule has 0 spiro atoms. The molecule has 0 bridgehead atoms. The Bertz CT molecular complexity index is 517. The molecule has 0 aliphatic carbocycles. The van der Waals surface area contributed by atoms with E-state index in [-0.39, 0.29) is 5.75 Å². The number of halogens is 1. The summed E-state index contributed by atoms with van der Waals surface area (Å²) in [7, 11) is -2.91. The highest BCUT2D eigenvalue weighted by Crippen LogP contribution is 2.22. The van der Waals surface area contributed by atoms with Gasteiger partial charge in [-0.15, -0.1) is 0 Å². The van der Waals surface area contributed by atoms with Crippen LogP contribution in [0.2, 0.25) is 0 Å². The lowest BCUT2D eigenvalue weighted by Crippen LogP contribution is -2.14. The lowest BCUT2D eigenvalue weighted by molar-refractivity contribution is 0.317. The maximum atomic E-state index is 11.0. The van der Waals surface area contributed by atoms with Crippen molar-refractivity contribution in [2.75, 3.05) is 25.2 Å². The molecule has 0 heterocycles. The summed E-state index contributed by atoms with van der Waals surface area (Å²) in [4.78, 5) is 0. The summed E-state index contributed by atoms with van der Waals surface area (Å²) in [6, 6.07) is 5.82. The van der Waals surface area contributed by atoms with Gasteiger partial charge in [0.15, 0.2) is 0 Å². The van der Waals surface area contributed by atoms with Crippen molar-refractivity contribution in [3.8, 4) is 5.75 Å². The molecule has 0 fully saturated rings. The van der Waals surface area contributed by atoms with Crippen molar-refractivity contribution in [1.29, 1.82) is 0 Å². The average molecular weight is 364 g/mol. The first-order valence-corrected chi connectivity index (χ1v) is 9.57. The van der Waals surface area contributed by atoms with Crippen LogP contribution in [0.25, 0.3) is 0 Å². The van der Waals surface area contributed by atoms with Crippen molar-refractivity contribution >= 4 is 25.8 Å². The quantitative estimate of drug-likeness (QED) is 0.685. The van der Waals surface area contributed by atoms with E-state index in [1.54, 1.807) is 0 Å². The van der Waals surface area contributed by atoms with E-state index in [2.05, 4.69) is 28.2 Å². The van der Waals surface area contributed by atoms with Crippen molar-refractivity contribution in [1.82, 2.24) is 5.32 Å². The summed E-state index contributed by atoms with van der Waals surface area (Å²) >= 11 is 3.52. The third kappa shape index (κ3) is 7.26. The van der Waals surface area contributed by atoms with E-state index in [0.717, 1.165) is 35.3 Å². The number of sulfone groups is 1. The summed E-state index contributed by atoms with van der Waals surface area (Å²) in [6.07, 6.45) is 2.85. The normalized spacial score (nSPS) is 11.6. The molecule has 0 atom stereocenters. The first-order chi connectivity index (χ1) is 9.42. The minimum absolute atomic E-state index is 0.161. The summed E-state index contributed by atoms with van der Waals surface area (Å²) in [5.74, 6) is 0.934. The molecule has 0 saturated carbocycles. The molecule has 1 N–H and O–H groups in total. The second kappa shape index (κ2) is 8.64. The van der Waals surface area contributed by atoms with Gasteiger partial charge in [-0.1, -0.05) is 22.9 Å². The van der Waals surface area contributed by atoms with Gasteiger partial charge in [-0.2, -0.15) is 0 Å². The molecule has 0 saturated heterocycles. The summed E-state index contributed by atoms with van der Waals surface area (Å²) in [6.45, 7) is 4.31. The van der Waals surface area contributed by atoms with Crippen LogP contribution >= 0.6 is 15.9 Å². The zero-order chi connectivity index (χ0) is 15.0. The smallest absolute Gasteiger partial charge is 0.147 e. The highest BCUT2D eigenvalue weighted by molar-refractivity contribution is 9.10. The zero-order valence-electron chi connectivity index (χ0n) is 12.0. The molecule has 0 aliphatic rings. The average Bonchev–Trinajstić information content (AvgIpc) is 2.37. The van der Waals surface area contributed by atoms with Crippen LogP contribution in [0.4, 0.5) is 0 Å². The molecule has 1 aromatic rings. The molecule has 0 radical (unpaired) electrons. The van der Waals surface area contributed by atoms with E-state index in [0.29, 0.717) is 13.0 Å². The fourth-order valence-corrected chi connectivity index (χ4v) is 2.72. The van der Waals surface area contributed by atoms with Crippen LogP contribution in [0.15, 0.2) is 22.7 Å². The second-order valence-corrected chi connectivity index (χ2v) is 7.88. The Morgan fingerprint density at radius 2 is 2.10 bits per heavy atom. The van der Waals surface area contributed by atoms with Crippen LogP contribution < -0.4 is 10.1 Å². The van der Waals surface area contributed by atoms with Crippen molar-refractivity contribution < 1.29 is 13.2 Å². The van der Waals surface area contributed by atoms with Gasteiger partial charge in [0, 0.05) is 17.3 Å². The second-order valence-electron chi connectivity index (χ2n) is 4.76. The number of benzene rings is 1. The van der Waals surface area contributed by atoms with Gasteiger partial charge >= 0.3 is 0 Å². The predicted molar refractivity (Wildman–Crippen MR) is 86.0 cm³/mol. The standard InChI is InChI=1S/C14H22BrNO3S/c1-3-7-16-11-12-10-13(5-6-14(12)15)19-8-4-9-20(2,17)18/h5-6,10,16H,3-4,7-9,11H2,1-2H3. The van der Waals surface area contributed by atoms with Crippen LogP contribution in [-0.4, -0.2) is 33.6 Å². The van der Waals surface area contributed by atoms with E-state index >= 15 is 0 Å². The summed E-state index contributed by atoms with van der Waals surface area (Å²) in [5, 5.41) is 3.34. The molecule has 4 nitrogen and oxygen atoms in total. The zero-order valence-corrected chi connectivity index (χ0v) is 14.4. The Morgan fingerprint density at radius 3 is 2.75 bits per heavy atom. The van der Waals surface area contributed by atoms with Crippen LogP contribution in [0.1, 0.15) is 25.3 Å². The van der Waals surface area contributed by atoms with Gasteiger partial charge in [0.2, 0.25) is 0 Å². The molecule has 0 aliphatic heterocycles. The number of ether oxygens (including phenoxy) is 1. The molecular weight excluding hydrogens is 342 g/mol. The SMILES string of the molecule is CCCNCc1cc(OCCCS(C)(=O)=O)ccc1Br. The fourth-order valence-electron chi connectivity index (χ4n) is 1.69. The highest BCUT2D eigenvalue weighted by atomic mass is 79.9. The van der Waals surface area contributed by atoms with Gasteiger partial charge in [-0.3, -0.25) is 0 Å². The topological polar surface area (TPSA) is 55.4 Å². The molecule has 0 unspecified atom stereocenters. The van der Waals surface area contributed by atoms with E-state index in [4.69, 9.17) is 4.74 Å². The Balaban J connectivity index is 2.48. The predicted octanol–water partition coefficient (Wildman–Crippen LogP) is 2.76. The molecule has 114 valence electrons. The Kier molecular flexibility index (Phi) is 7.55. The summed E-state index contributed by atoms with van der Waals surface area (Å²) < 4.78 is 28.7. The van der Waals surface area contributed by atoms with Gasteiger partial charge in [-0.25, -0.2) is 8.42 Å². The maximum absolute atomic E-state index is 11.0. The molecule has 0 aromatic heterocycles. The Labute approximate surface area is 130 Å². The van der Waals surface area contributed by atoms with Crippen molar-refractivity contribution in [2.24, 2.45) is 0 Å². The lowest BCUT2D eigenvalue weighted by Gasteiger charge is -2.10. The van der Waals surface area contributed by atoms with Crippen LogP contribution in [-0.2, 0) is 16.4 Å². The monoisotopic (exact) mass is 363 g/mol. The van der Waals surface area contributed by atoms with Crippen LogP contribution in [0, 0.1) is 0 Å². The van der Waals surface area contributed by atoms with Gasteiger partial charge < -0.3 is 10.1 Å². The van der Waals surface area contributed by atoms with E-state index < -0.39 is 9.84 Å². The molecule has 20 heavy (non-hydrogen) atoms. The molecule has 6 heteroatoms. The molecule has 1 aromatic carbocycles.